The lowest BCUT2D eigenvalue weighted by molar-refractivity contribution is 0.0518. The molecule has 3 aromatic rings. The molecule has 0 aliphatic heterocycles. The molecule has 6 heteroatoms. The number of aromatic nitrogens is 1. The highest BCUT2D eigenvalue weighted by Crippen LogP contribution is 2.41. The Kier molecular flexibility index (Phi) is 5.71. The fourth-order valence-electron chi connectivity index (χ4n) is 3.38. The molecular weight excluding hydrogens is 367 g/mol. The van der Waals surface area contributed by atoms with E-state index in [1.807, 2.05) is 49.1 Å². The number of hydrogen-bond acceptors (Lipinski definition) is 3. The highest BCUT2D eigenvalue weighted by Gasteiger charge is 2.29. The Hall–Kier alpha value is -2.53. The van der Waals surface area contributed by atoms with Gasteiger partial charge in [-0.05, 0) is 45.0 Å². The van der Waals surface area contributed by atoms with E-state index in [0.29, 0.717) is 35.4 Å². The van der Waals surface area contributed by atoms with Crippen molar-refractivity contribution in [2.24, 2.45) is 0 Å². The van der Waals surface area contributed by atoms with Crippen molar-refractivity contribution in [2.45, 2.75) is 20.8 Å². The average Bonchev–Trinajstić information content (AvgIpc) is 3.02. The van der Waals surface area contributed by atoms with Gasteiger partial charge in [-0.1, -0.05) is 29.8 Å². The summed E-state index contributed by atoms with van der Waals surface area (Å²) in [6.45, 7) is 7.26. The number of esters is 1. The summed E-state index contributed by atoms with van der Waals surface area (Å²) in [6.07, 6.45) is 0. The molecule has 0 bridgehead atoms. The fourth-order valence-corrected chi connectivity index (χ4v) is 3.63. The van der Waals surface area contributed by atoms with Crippen molar-refractivity contribution < 1.29 is 13.9 Å². The van der Waals surface area contributed by atoms with Crippen molar-refractivity contribution in [3.05, 3.63) is 59.0 Å². The number of para-hydroxylation sites is 1. The Morgan fingerprint density at radius 1 is 1.11 bits per heavy atom. The quantitative estimate of drug-likeness (QED) is 0.527. The number of carbonyl (C=O) groups is 1. The van der Waals surface area contributed by atoms with Gasteiger partial charge in [-0.2, -0.15) is 0 Å². The summed E-state index contributed by atoms with van der Waals surface area (Å²) in [5, 5.41) is 0.530. The number of halogens is 2. The molecule has 0 saturated heterocycles. The topological polar surface area (TPSA) is 34.5 Å². The maximum absolute atomic E-state index is 14.3. The lowest BCUT2D eigenvalue weighted by Crippen LogP contribution is -2.25. The van der Waals surface area contributed by atoms with Gasteiger partial charge < -0.3 is 14.2 Å². The van der Waals surface area contributed by atoms with Gasteiger partial charge in [0.05, 0.1) is 22.8 Å². The molecule has 4 nitrogen and oxygen atoms in total. The summed E-state index contributed by atoms with van der Waals surface area (Å²) in [4.78, 5) is 15.0. The lowest BCUT2D eigenvalue weighted by Gasteiger charge is -2.22. The van der Waals surface area contributed by atoms with Crippen LogP contribution in [-0.2, 0) is 4.74 Å². The molecule has 0 fully saturated rings. The summed E-state index contributed by atoms with van der Waals surface area (Å²) >= 11 is 6.38. The first kappa shape index (κ1) is 19.2. The third-order valence-electron chi connectivity index (χ3n) is 4.56. The molecule has 142 valence electrons. The van der Waals surface area contributed by atoms with Crippen molar-refractivity contribution in [3.8, 4) is 5.69 Å². The molecule has 0 aliphatic rings. The number of hydrogen-bond donors (Lipinski definition) is 0. The van der Waals surface area contributed by atoms with E-state index in [0.717, 1.165) is 5.69 Å². The zero-order valence-electron chi connectivity index (χ0n) is 15.6. The second-order valence-corrected chi connectivity index (χ2v) is 6.39. The smallest absolute Gasteiger partial charge is 0.357 e. The average molecular weight is 389 g/mol. The minimum Gasteiger partial charge on any atom is -0.461 e. The number of rotatable bonds is 6. The Morgan fingerprint density at radius 3 is 2.37 bits per heavy atom. The number of nitrogens with zero attached hydrogens (tertiary/aromatic N) is 2. The molecule has 0 atom stereocenters. The summed E-state index contributed by atoms with van der Waals surface area (Å²) in [7, 11) is 0. The van der Waals surface area contributed by atoms with Gasteiger partial charge in [0.2, 0.25) is 0 Å². The van der Waals surface area contributed by atoms with Crippen LogP contribution in [0.25, 0.3) is 16.6 Å². The van der Waals surface area contributed by atoms with E-state index in [1.54, 1.807) is 17.6 Å². The molecule has 0 aliphatic carbocycles. The molecule has 0 radical (unpaired) electrons. The fraction of sp³-hybridized carbons (Fsp3) is 0.286. The van der Waals surface area contributed by atoms with Crippen molar-refractivity contribution in [2.75, 3.05) is 24.6 Å². The summed E-state index contributed by atoms with van der Waals surface area (Å²) < 4.78 is 21.5. The Bertz CT molecular complexity index is 965. The zero-order valence-corrected chi connectivity index (χ0v) is 16.4. The van der Waals surface area contributed by atoms with Gasteiger partial charge in [-0.15, -0.1) is 0 Å². The number of carbonyl (C=O) groups excluding carboxylic acids is 1. The van der Waals surface area contributed by atoms with Crippen LogP contribution >= 0.6 is 11.6 Å². The third-order valence-corrected chi connectivity index (χ3v) is 4.93. The van der Waals surface area contributed by atoms with Crippen LogP contribution in [0.15, 0.2) is 42.5 Å². The second-order valence-electron chi connectivity index (χ2n) is 6.02. The molecule has 1 heterocycles. The molecule has 3 rings (SSSR count). The van der Waals surface area contributed by atoms with Crippen molar-refractivity contribution in [3.63, 3.8) is 0 Å². The zero-order chi connectivity index (χ0) is 19.6. The van der Waals surface area contributed by atoms with Crippen LogP contribution < -0.4 is 4.90 Å². The van der Waals surface area contributed by atoms with E-state index in [2.05, 4.69) is 0 Å². The Balaban J connectivity index is 2.50. The second kappa shape index (κ2) is 8.01. The summed E-state index contributed by atoms with van der Waals surface area (Å²) in [5.41, 5.74) is 2.40. The standard InChI is InChI=1S/C21H22ClFN2O2/c1-4-24(5-2)19-17-16(13-12-15(23)18(17)22)25(14-10-8-7-9-11-14)20(19)21(26)27-6-3/h7-13H,4-6H2,1-3H3. The molecule has 0 saturated carbocycles. The minimum absolute atomic E-state index is 0.00892. The largest absolute Gasteiger partial charge is 0.461 e. The van der Waals surface area contributed by atoms with Crippen LogP contribution in [0, 0.1) is 5.82 Å². The van der Waals surface area contributed by atoms with Gasteiger partial charge in [-0.3, -0.25) is 0 Å². The molecule has 0 amide bonds. The molecule has 0 spiro atoms. The first-order valence-corrected chi connectivity index (χ1v) is 9.42. The Morgan fingerprint density at radius 2 is 1.78 bits per heavy atom. The number of ether oxygens (including phenoxy) is 1. The molecule has 1 aromatic heterocycles. The minimum atomic E-state index is -0.516. The molecule has 0 unspecified atom stereocenters. The summed E-state index contributed by atoms with van der Waals surface area (Å²) in [5.74, 6) is -0.978. The maximum Gasteiger partial charge on any atom is 0.357 e. The van der Waals surface area contributed by atoms with Gasteiger partial charge in [0.1, 0.15) is 5.82 Å². The van der Waals surface area contributed by atoms with Crippen LogP contribution in [0.5, 0.6) is 0 Å². The van der Waals surface area contributed by atoms with E-state index in [-0.39, 0.29) is 11.6 Å². The number of fused-ring (bicyclic) bond motifs is 1. The molecule has 27 heavy (non-hydrogen) atoms. The highest BCUT2D eigenvalue weighted by atomic mass is 35.5. The van der Waals surface area contributed by atoms with Crippen LogP contribution in [0.4, 0.5) is 10.1 Å². The first-order valence-electron chi connectivity index (χ1n) is 9.04. The predicted octanol–water partition coefficient (Wildman–Crippen LogP) is 5.45. The predicted molar refractivity (Wildman–Crippen MR) is 108 cm³/mol. The van der Waals surface area contributed by atoms with E-state index in [4.69, 9.17) is 16.3 Å². The third kappa shape index (κ3) is 3.28. The van der Waals surface area contributed by atoms with Crippen LogP contribution in [-0.4, -0.2) is 30.2 Å². The van der Waals surface area contributed by atoms with Crippen molar-refractivity contribution >= 4 is 34.2 Å². The molecular formula is C21H22ClFN2O2. The van der Waals surface area contributed by atoms with Crippen LogP contribution in [0.1, 0.15) is 31.3 Å². The normalized spacial score (nSPS) is 11.0. The van der Waals surface area contributed by atoms with E-state index in [1.165, 1.54) is 6.07 Å². The van der Waals surface area contributed by atoms with E-state index < -0.39 is 11.8 Å². The maximum atomic E-state index is 14.3. The van der Waals surface area contributed by atoms with E-state index >= 15 is 0 Å². The summed E-state index contributed by atoms with van der Waals surface area (Å²) in [6, 6.07) is 12.4. The molecule has 2 aromatic carbocycles. The Labute approximate surface area is 163 Å². The van der Waals surface area contributed by atoms with Gasteiger partial charge in [-0.25, -0.2) is 9.18 Å². The van der Waals surface area contributed by atoms with E-state index in [9.17, 15) is 9.18 Å². The lowest BCUT2D eigenvalue weighted by atomic mass is 10.2. The van der Waals surface area contributed by atoms with Crippen molar-refractivity contribution in [1.29, 1.82) is 0 Å². The molecule has 0 N–H and O–H groups in total. The van der Waals surface area contributed by atoms with Gasteiger partial charge in [0.25, 0.3) is 0 Å². The van der Waals surface area contributed by atoms with Crippen molar-refractivity contribution in [1.82, 2.24) is 4.57 Å². The van der Waals surface area contributed by atoms with Gasteiger partial charge in [0, 0.05) is 24.2 Å². The highest BCUT2D eigenvalue weighted by molar-refractivity contribution is 6.37. The monoisotopic (exact) mass is 388 g/mol. The van der Waals surface area contributed by atoms with Crippen LogP contribution in [0.2, 0.25) is 5.02 Å². The SMILES string of the molecule is CCOC(=O)c1c(N(CC)CC)c2c(Cl)c(F)ccc2n1-c1ccccc1. The van der Waals surface area contributed by atoms with Gasteiger partial charge >= 0.3 is 5.97 Å². The number of anilines is 1. The van der Waals surface area contributed by atoms with Gasteiger partial charge in [0.15, 0.2) is 5.69 Å². The number of benzene rings is 2. The van der Waals surface area contributed by atoms with Crippen LogP contribution in [0.3, 0.4) is 0 Å². The first-order chi connectivity index (χ1) is 13.0.